The average Bonchev–Trinajstić information content (AvgIpc) is 2.52. The van der Waals surface area contributed by atoms with Gasteiger partial charge in [0.2, 0.25) is 5.91 Å². The molecule has 0 aliphatic rings. The number of benzene rings is 1. The molecule has 1 atom stereocenters. The minimum absolute atomic E-state index is 0.117. The van der Waals surface area contributed by atoms with Gasteiger partial charge in [0, 0.05) is 12.2 Å². The van der Waals surface area contributed by atoms with Crippen LogP contribution in [0.1, 0.15) is 44.0 Å². The van der Waals surface area contributed by atoms with Crippen LogP contribution >= 0.6 is 0 Å². The highest BCUT2D eigenvalue weighted by Crippen LogP contribution is 2.22. The minimum Gasteiger partial charge on any atom is -0.462 e. The maximum atomic E-state index is 12.2. The quantitative estimate of drug-likeness (QED) is 0.757. The fourth-order valence-corrected chi connectivity index (χ4v) is 1.65. The molecule has 0 aliphatic carbocycles. The second kappa shape index (κ2) is 7.78. The van der Waals surface area contributed by atoms with Crippen LogP contribution in [0.15, 0.2) is 24.3 Å². The Morgan fingerprint density at radius 1 is 1.24 bits per heavy atom. The summed E-state index contributed by atoms with van der Waals surface area (Å²) in [5.74, 6) is -0.469. The van der Waals surface area contributed by atoms with Crippen molar-refractivity contribution in [2.45, 2.75) is 33.6 Å². The van der Waals surface area contributed by atoms with Crippen LogP contribution in [0.4, 0.5) is 5.69 Å². The molecule has 3 N–H and O–H groups in total. The van der Waals surface area contributed by atoms with Crippen molar-refractivity contribution in [1.82, 2.24) is 0 Å². The van der Waals surface area contributed by atoms with Gasteiger partial charge in [-0.15, -0.1) is 0 Å². The SMILES string of the molecule is CCCOC(=O)c1ccc(NC(=O)C(C)(CC)CN)cc1. The molecule has 0 saturated heterocycles. The van der Waals surface area contributed by atoms with Gasteiger partial charge in [0.25, 0.3) is 0 Å². The van der Waals surface area contributed by atoms with E-state index in [4.69, 9.17) is 10.5 Å². The lowest BCUT2D eigenvalue weighted by Crippen LogP contribution is -2.39. The normalized spacial score (nSPS) is 13.3. The topological polar surface area (TPSA) is 81.4 Å². The number of carbonyl (C=O) groups excluding carboxylic acids is 2. The molecule has 1 unspecified atom stereocenters. The Bertz CT molecular complexity index is 479. The highest BCUT2D eigenvalue weighted by Gasteiger charge is 2.29. The second-order valence-electron chi connectivity index (χ2n) is 5.29. The standard InChI is InChI=1S/C16H24N2O3/c1-4-10-21-14(19)12-6-8-13(9-7-12)18-15(20)16(3,5-2)11-17/h6-9H,4-5,10-11,17H2,1-3H3,(H,18,20). The zero-order valence-corrected chi connectivity index (χ0v) is 12.9. The molecule has 116 valence electrons. The van der Waals surface area contributed by atoms with Crippen LogP contribution in [-0.4, -0.2) is 25.0 Å². The van der Waals surface area contributed by atoms with E-state index >= 15 is 0 Å². The Balaban J connectivity index is 2.71. The third-order valence-corrected chi connectivity index (χ3v) is 3.59. The van der Waals surface area contributed by atoms with Crippen LogP contribution in [-0.2, 0) is 9.53 Å². The van der Waals surface area contributed by atoms with Gasteiger partial charge in [-0.25, -0.2) is 4.79 Å². The lowest BCUT2D eigenvalue weighted by Gasteiger charge is -2.24. The van der Waals surface area contributed by atoms with Gasteiger partial charge in [0.05, 0.1) is 17.6 Å². The van der Waals surface area contributed by atoms with E-state index in [9.17, 15) is 9.59 Å². The number of amides is 1. The Labute approximate surface area is 125 Å². The molecule has 21 heavy (non-hydrogen) atoms. The van der Waals surface area contributed by atoms with Crippen molar-refractivity contribution in [2.75, 3.05) is 18.5 Å². The van der Waals surface area contributed by atoms with E-state index in [-0.39, 0.29) is 18.4 Å². The molecule has 1 rings (SSSR count). The largest absolute Gasteiger partial charge is 0.462 e. The van der Waals surface area contributed by atoms with E-state index in [1.165, 1.54) is 0 Å². The van der Waals surface area contributed by atoms with Gasteiger partial charge in [-0.3, -0.25) is 4.79 Å². The summed E-state index contributed by atoms with van der Waals surface area (Å²) in [5, 5.41) is 2.82. The van der Waals surface area contributed by atoms with Gasteiger partial charge in [-0.1, -0.05) is 13.8 Å². The number of carbonyl (C=O) groups is 2. The highest BCUT2D eigenvalue weighted by molar-refractivity contribution is 5.96. The van der Waals surface area contributed by atoms with Crippen molar-refractivity contribution in [3.63, 3.8) is 0 Å². The molecule has 5 nitrogen and oxygen atoms in total. The van der Waals surface area contributed by atoms with Gasteiger partial charge < -0.3 is 15.8 Å². The van der Waals surface area contributed by atoms with Crippen LogP contribution in [0, 0.1) is 5.41 Å². The van der Waals surface area contributed by atoms with Gasteiger partial charge in [-0.2, -0.15) is 0 Å². The van der Waals surface area contributed by atoms with Crippen LogP contribution in [0.3, 0.4) is 0 Å². The molecule has 5 heteroatoms. The monoisotopic (exact) mass is 292 g/mol. The average molecular weight is 292 g/mol. The number of anilines is 1. The Morgan fingerprint density at radius 3 is 2.33 bits per heavy atom. The molecule has 1 amide bonds. The van der Waals surface area contributed by atoms with E-state index in [2.05, 4.69) is 5.32 Å². The summed E-state index contributed by atoms with van der Waals surface area (Å²) in [4.78, 5) is 23.8. The summed E-state index contributed by atoms with van der Waals surface area (Å²) in [6.07, 6.45) is 1.45. The third kappa shape index (κ3) is 4.56. The molecule has 0 bridgehead atoms. The predicted octanol–water partition coefficient (Wildman–Crippen LogP) is 2.57. The fourth-order valence-electron chi connectivity index (χ4n) is 1.65. The summed E-state index contributed by atoms with van der Waals surface area (Å²) in [6, 6.07) is 6.65. The smallest absolute Gasteiger partial charge is 0.338 e. The van der Waals surface area contributed by atoms with Crippen molar-refractivity contribution in [3.05, 3.63) is 29.8 Å². The van der Waals surface area contributed by atoms with Crippen LogP contribution < -0.4 is 11.1 Å². The number of nitrogens with one attached hydrogen (secondary N) is 1. The zero-order chi connectivity index (χ0) is 15.9. The molecule has 0 aliphatic heterocycles. The van der Waals surface area contributed by atoms with Gasteiger partial charge >= 0.3 is 5.97 Å². The van der Waals surface area contributed by atoms with Crippen LogP contribution in [0.5, 0.6) is 0 Å². The summed E-state index contributed by atoms with van der Waals surface area (Å²) in [7, 11) is 0. The first-order valence-corrected chi connectivity index (χ1v) is 7.25. The molecule has 0 saturated carbocycles. The number of rotatable bonds is 7. The van der Waals surface area contributed by atoms with Crippen LogP contribution in [0.2, 0.25) is 0 Å². The number of hydrogen-bond donors (Lipinski definition) is 2. The van der Waals surface area contributed by atoms with Gasteiger partial charge in [-0.05, 0) is 44.0 Å². The molecule has 1 aromatic rings. The molecule has 0 spiro atoms. The maximum Gasteiger partial charge on any atom is 0.338 e. The first kappa shape index (κ1) is 17.2. The molecule has 0 fully saturated rings. The minimum atomic E-state index is -0.585. The van der Waals surface area contributed by atoms with E-state index in [1.807, 2.05) is 20.8 Å². The molecular weight excluding hydrogens is 268 g/mol. The van der Waals surface area contributed by atoms with E-state index in [0.717, 1.165) is 6.42 Å². The summed E-state index contributed by atoms with van der Waals surface area (Å²) in [6.45, 7) is 6.39. The Hall–Kier alpha value is -1.88. The Kier molecular flexibility index (Phi) is 6.37. The third-order valence-electron chi connectivity index (χ3n) is 3.59. The molecule has 0 aromatic heterocycles. The van der Waals surface area contributed by atoms with E-state index in [0.29, 0.717) is 24.3 Å². The van der Waals surface area contributed by atoms with Crippen molar-refractivity contribution >= 4 is 17.6 Å². The molecular formula is C16H24N2O3. The number of ether oxygens (including phenoxy) is 1. The summed E-state index contributed by atoms with van der Waals surface area (Å²) < 4.78 is 5.04. The predicted molar refractivity (Wildman–Crippen MR) is 83.1 cm³/mol. The van der Waals surface area contributed by atoms with Crippen molar-refractivity contribution in [3.8, 4) is 0 Å². The number of esters is 1. The summed E-state index contributed by atoms with van der Waals surface area (Å²) >= 11 is 0. The van der Waals surface area contributed by atoms with E-state index < -0.39 is 5.41 Å². The Morgan fingerprint density at radius 2 is 1.86 bits per heavy atom. The zero-order valence-electron chi connectivity index (χ0n) is 12.9. The number of nitrogens with two attached hydrogens (primary N) is 1. The van der Waals surface area contributed by atoms with Crippen LogP contribution in [0.25, 0.3) is 0 Å². The second-order valence-corrected chi connectivity index (χ2v) is 5.29. The molecule has 0 radical (unpaired) electrons. The first-order valence-electron chi connectivity index (χ1n) is 7.25. The van der Waals surface area contributed by atoms with Crippen molar-refractivity contribution in [1.29, 1.82) is 0 Å². The summed E-state index contributed by atoms with van der Waals surface area (Å²) in [5.41, 5.74) is 6.19. The lowest BCUT2D eigenvalue weighted by molar-refractivity contribution is -0.124. The molecule has 1 aromatic carbocycles. The maximum absolute atomic E-state index is 12.2. The highest BCUT2D eigenvalue weighted by atomic mass is 16.5. The van der Waals surface area contributed by atoms with Gasteiger partial charge in [0.1, 0.15) is 0 Å². The first-order chi connectivity index (χ1) is 9.96. The lowest BCUT2D eigenvalue weighted by atomic mass is 9.86. The van der Waals surface area contributed by atoms with Crippen molar-refractivity contribution in [2.24, 2.45) is 11.1 Å². The van der Waals surface area contributed by atoms with Crippen molar-refractivity contribution < 1.29 is 14.3 Å². The van der Waals surface area contributed by atoms with E-state index in [1.54, 1.807) is 24.3 Å². The number of hydrogen-bond acceptors (Lipinski definition) is 4. The van der Waals surface area contributed by atoms with Gasteiger partial charge in [0.15, 0.2) is 0 Å². The molecule has 0 heterocycles. The fraction of sp³-hybridized carbons (Fsp3) is 0.500.